The molecule has 1 aromatic heterocycles. The minimum absolute atomic E-state index is 0.117. The van der Waals surface area contributed by atoms with Crippen LogP contribution in [0.1, 0.15) is 15.9 Å². The van der Waals surface area contributed by atoms with Crippen LogP contribution in [-0.2, 0) is 0 Å². The number of carbonyl (C=O) groups excluding carboxylic acids is 1. The summed E-state index contributed by atoms with van der Waals surface area (Å²) in [5.74, 6) is -0.237. The third-order valence-corrected chi connectivity index (χ3v) is 3.83. The molecule has 2 aromatic carbocycles. The normalized spacial score (nSPS) is 12.6. The van der Waals surface area contributed by atoms with E-state index >= 15 is 0 Å². The van der Waals surface area contributed by atoms with Gasteiger partial charge in [0.25, 0.3) is 0 Å². The lowest BCUT2D eigenvalue weighted by atomic mass is 10.0. The van der Waals surface area contributed by atoms with E-state index in [9.17, 15) is 9.90 Å². The molecule has 0 aliphatic heterocycles. The van der Waals surface area contributed by atoms with Crippen LogP contribution in [-0.4, -0.2) is 15.9 Å². The third kappa shape index (κ3) is 1.35. The van der Waals surface area contributed by atoms with E-state index in [4.69, 9.17) is 11.6 Å². The molecule has 4 rings (SSSR count). The van der Waals surface area contributed by atoms with Crippen LogP contribution in [0.15, 0.2) is 42.5 Å². The van der Waals surface area contributed by atoms with Crippen molar-refractivity contribution in [1.82, 2.24) is 4.98 Å². The molecule has 4 heteroatoms. The number of rotatable bonds is 0. The molecule has 0 spiro atoms. The van der Waals surface area contributed by atoms with Crippen LogP contribution in [0.5, 0.6) is 5.88 Å². The van der Waals surface area contributed by atoms with Crippen molar-refractivity contribution in [3.05, 3.63) is 58.6 Å². The van der Waals surface area contributed by atoms with Crippen molar-refractivity contribution < 1.29 is 9.90 Å². The maximum Gasteiger partial charge on any atom is 0.220 e. The average molecular weight is 282 g/mol. The van der Waals surface area contributed by atoms with Gasteiger partial charge in [0.05, 0.1) is 11.1 Å². The molecule has 20 heavy (non-hydrogen) atoms. The molecule has 3 aromatic rings. The maximum atomic E-state index is 12.6. The average Bonchev–Trinajstić information content (AvgIpc) is 2.73. The Labute approximate surface area is 119 Å². The van der Waals surface area contributed by atoms with E-state index in [-0.39, 0.29) is 11.7 Å². The fourth-order valence-corrected chi connectivity index (χ4v) is 2.92. The number of hydrogen-bond donors (Lipinski definition) is 1. The van der Waals surface area contributed by atoms with Crippen molar-refractivity contribution in [2.24, 2.45) is 0 Å². The molecule has 0 saturated heterocycles. The molecule has 1 heterocycles. The number of aromatic nitrogens is 1. The first-order chi connectivity index (χ1) is 9.66. The number of ketones is 1. The predicted octanol–water partition coefficient (Wildman–Crippen LogP) is 3.81. The van der Waals surface area contributed by atoms with Crippen molar-refractivity contribution in [2.75, 3.05) is 0 Å². The smallest absolute Gasteiger partial charge is 0.220 e. The van der Waals surface area contributed by atoms with Gasteiger partial charge in [-0.15, -0.1) is 0 Å². The molecule has 96 valence electrons. The SMILES string of the molecule is O=C1c2cc(Cl)ccc2-c2c(O)nc3ccccc3c21. The quantitative estimate of drug-likeness (QED) is 0.533. The van der Waals surface area contributed by atoms with Crippen LogP contribution in [0.25, 0.3) is 22.0 Å². The van der Waals surface area contributed by atoms with E-state index < -0.39 is 0 Å². The van der Waals surface area contributed by atoms with Crippen molar-refractivity contribution in [2.45, 2.75) is 0 Å². The molecular formula is C16H8ClNO2. The van der Waals surface area contributed by atoms with Gasteiger partial charge in [-0.25, -0.2) is 4.98 Å². The lowest BCUT2D eigenvalue weighted by molar-refractivity contribution is 0.104. The van der Waals surface area contributed by atoms with Crippen molar-refractivity contribution >= 4 is 28.3 Å². The van der Waals surface area contributed by atoms with Crippen LogP contribution in [0.4, 0.5) is 0 Å². The zero-order valence-electron chi connectivity index (χ0n) is 10.2. The summed E-state index contributed by atoms with van der Waals surface area (Å²) in [5.41, 5.74) is 2.81. The number of nitrogens with zero attached hydrogens (tertiary/aromatic N) is 1. The number of fused-ring (bicyclic) bond motifs is 5. The van der Waals surface area contributed by atoms with E-state index in [0.717, 1.165) is 5.39 Å². The summed E-state index contributed by atoms with van der Waals surface area (Å²) < 4.78 is 0. The first kappa shape index (κ1) is 11.4. The number of carbonyl (C=O) groups is 1. The fourth-order valence-electron chi connectivity index (χ4n) is 2.75. The molecule has 0 radical (unpaired) electrons. The highest BCUT2D eigenvalue weighted by atomic mass is 35.5. The second-order valence-corrected chi connectivity index (χ2v) is 5.16. The monoisotopic (exact) mass is 281 g/mol. The Morgan fingerprint density at radius 1 is 1.00 bits per heavy atom. The summed E-state index contributed by atoms with van der Waals surface area (Å²) >= 11 is 5.96. The number of aromatic hydroxyl groups is 1. The Bertz CT molecular complexity index is 902. The maximum absolute atomic E-state index is 12.6. The zero-order chi connectivity index (χ0) is 13.9. The molecule has 0 atom stereocenters. The topological polar surface area (TPSA) is 50.2 Å². The van der Waals surface area contributed by atoms with Gasteiger partial charge in [-0.05, 0) is 23.8 Å². The largest absolute Gasteiger partial charge is 0.493 e. The van der Waals surface area contributed by atoms with Gasteiger partial charge in [0.15, 0.2) is 5.78 Å². The molecule has 0 saturated carbocycles. The Morgan fingerprint density at radius 2 is 1.80 bits per heavy atom. The Morgan fingerprint density at radius 3 is 2.65 bits per heavy atom. The Kier molecular flexibility index (Phi) is 2.18. The summed E-state index contributed by atoms with van der Waals surface area (Å²) in [5, 5.41) is 11.4. The predicted molar refractivity (Wildman–Crippen MR) is 77.3 cm³/mol. The van der Waals surface area contributed by atoms with E-state index in [1.54, 1.807) is 24.3 Å². The molecule has 1 aliphatic rings. The minimum Gasteiger partial charge on any atom is -0.493 e. The first-order valence-corrected chi connectivity index (χ1v) is 6.51. The molecule has 3 nitrogen and oxygen atoms in total. The van der Waals surface area contributed by atoms with E-state index in [0.29, 0.717) is 32.8 Å². The van der Waals surface area contributed by atoms with Gasteiger partial charge in [0, 0.05) is 21.5 Å². The van der Waals surface area contributed by atoms with Gasteiger partial charge in [-0.2, -0.15) is 0 Å². The lowest BCUT2D eigenvalue weighted by Crippen LogP contribution is -1.97. The third-order valence-electron chi connectivity index (χ3n) is 3.60. The second kappa shape index (κ2) is 3.81. The van der Waals surface area contributed by atoms with Gasteiger partial charge in [-0.3, -0.25) is 4.79 Å². The van der Waals surface area contributed by atoms with Crippen molar-refractivity contribution in [1.29, 1.82) is 0 Å². The minimum atomic E-state index is -0.119. The number of benzene rings is 2. The highest BCUT2D eigenvalue weighted by molar-refractivity contribution is 6.33. The number of hydrogen-bond acceptors (Lipinski definition) is 3. The number of halogens is 1. The molecule has 0 unspecified atom stereocenters. The van der Waals surface area contributed by atoms with E-state index in [1.807, 2.05) is 18.2 Å². The van der Waals surface area contributed by atoms with Crippen molar-refractivity contribution in [3.63, 3.8) is 0 Å². The number of pyridine rings is 1. The summed E-state index contributed by atoms with van der Waals surface area (Å²) in [6.07, 6.45) is 0. The molecule has 0 bridgehead atoms. The van der Waals surface area contributed by atoms with E-state index in [2.05, 4.69) is 4.98 Å². The fraction of sp³-hybridized carbons (Fsp3) is 0. The Hall–Kier alpha value is -2.39. The summed E-state index contributed by atoms with van der Waals surface area (Å²) in [6, 6.07) is 12.4. The molecule has 0 fully saturated rings. The van der Waals surface area contributed by atoms with Crippen LogP contribution >= 0.6 is 11.6 Å². The van der Waals surface area contributed by atoms with Crippen LogP contribution < -0.4 is 0 Å². The highest BCUT2D eigenvalue weighted by Gasteiger charge is 2.32. The Balaban J connectivity index is 2.19. The molecule has 1 N–H and O–H groups in total. The lowest BCUT2D eigenvalue weighted by Gasteiger charge is -2.06. The number of para-hydroxylation sites is 1. The highest BCUT2D eigenvalue weighted by Crippen LogP contribution is 2.44. The standard InChI is InChI=1S/C16H8ClNO2/c17-8-5-6-9-11(7-8)15(19)13-10-3-1-2-4-12(10)18-16(20)14(9)13/h1-7H,(H,18,20). The van der Waals surface area contributed by atoms with Crippen molar-refractivity contribution in [3.8, 4) is 17.0 Å². The molecule has 0 amide bonds. The van der Waals surface area contributed by atoms with Crippen LogP contribution in [0.3, 0.4) is 0 Å². The molecular weight excluding hydrogens is 274 g/mol. The first-order valence-electron chi connectivity index (χ1n) is 6.13. The zero-order valence-corrected chi connectivity index (χ0v) is 11.0. The summed E-state index contributed by atoms with van der Waals surface area (Å²) in [4.78, 5) is 16.8. The van der Waals surface area contributed by atoms with Gasteiger partial charge in [0.1, 0.15) is 0 Å². The molecule has 1 aliphatic carbocycles. The van der Waals surface area contributed by atoms with Gasteiger partial charge >= 0.3 is 0 Å². The van der Waals surface area contributed by atoms with Crippen LogP contribution in [0, 0.1) is 0 Å². The van der Waals surface area contributed by atoms with E-state index in [1.165, 1.54) is 0 Å². The summed E-state index contributed by atoms with van der Waals surface area (Å²) in [6.45, 7) is 0. The van der Waals surface area contributed by atoms with Gasteiger partial charge < -0.3 is 5.11 Å². The van der Waals surface area contributed by atoms with Gasteiger partial charge in [0.2, 0.25) is 5.88 Å². The second-order valence-electron chi connectivity index (χ2n) is 4.72. The summed E-state index contributed by atoms with van der Waals surface area (Å²) in [7, 11) is 0. The van der Waals surface area contributed by atoms with Gasteiger partial charge in [-0.1, -0.05) is 35.9 Å². The van der Waals surface area contributed by atoms with Crippen LogP contribution in [0.2, 0.25) is 5.02 Å².